The molecule has 20 heavy (non-hydrogen) atoms. The Kier molecular flexibility index (Phi) is 3.60. The lowest BCUT2D eigenvalue weighted by Crippen LogP contribution is -2.45. The molecule has 5 heteroatoms. The molecule has 2 N–H and O–H groups in total. The zero-order valence-electron chi connectivity index (χ0n) is 11.3. The van der Waals surface area contributed by atoms with Gasteiger partial charge in [-0.1, -0.05) is 0 Å². The maximum absolute atomic E-state index is 13.7. The van der Waals surface area contributed by atoms with Gasteiger partial charge in [0.25, 0.3) is 0 Å². The van der Waals surface area contributed by atoms with Gasteiger partial charge >= 0.3 is 0 Å². The van der Waals surface area contributed by atoms with Gasteiger partial charge in [-0.15, -0.1) is 0 Å². The van der Waals surface area contributed by atoms with Crippen molar-refractivity contribution in [2.75, 3.05) is 26.2 Å². The van der Waals surface area contributed by atoms with Crippen molar-refractivity contribution in [2.45, 2.75) is 18.9 Å². The van der Waals surface area contributed by atoms with E-state index in [1.165, 1.54) is 12.1 Å². The van der Waals surface area contributed by atoms with Gasteiger partial charge in [-0.25, -0.2) is 4.39 Å². The Morgan fingerprint density at radius 3 is 2.65 bits per heavy atom. The molecule has 0 radical (unpaired) electrons. The molecule has 0 spiro atoms. The summed E-state index contributed by atoms with van der Waals surface area (Å²) in [6.07, 6.45) is 2.16. The summed E-state index contributed by atoms with van der Waals surface area (Å²) in [7, 11) is 0. The highest BCUT2D eigenvalue weighted by Crippen LogP contribution is 2.48. The number of hydrogen-bond acceptors (Lipinski definition) is 4. The molecule has 0 amide bonds. The molecule has 1 saturated carbocycles. The first-order chi connectivity index (χ1) is 9.72. The number of piperazine rings is 1. The van der Waals surface area contributed by atoms with Gasteiger partial charge in [0.2, 0.25) is 0 Å². The summed E-state index contributed by atoms with van der Waals surface area (Å²) in [4.78, 5) is 2.27. The largest absolute Gasteiger partial charge is 0.505 e. The number of halogens is 1. The number of nitrogens with zero attached hydrogens (tertiary/aromatic N) is 2. The number of hydrogen-bond donors (Lipinski definition) is 2. The van der Waals surface area contributed by atoms with Crippen LogP contribution < -0.4 is 5.32 Å². The first kappa shape index (κ1) is 13.3. The molecule has 1 aliphatic carbocycles. The lowest BCUT2D eigenvalue weighted by Gasteiger charge is -2.36. The highest BCUT2D eigenvalue weighted by Gasteiger charge is 2.39. The van der Waals surface area contributed by atoms with E-state index in [-0.39, 0.29) is 11.8 Å². The van der Waals surface area contributed by atoms with E-state index in [4.69, 9.17) is 0 Å². The summed E-state index contributed by atoms with van der Waals surface area (Å²) in [5.41, 5.74) is 0.872. The van der Waals surface area contributed by atoms with Gasteiger partial charge in [-0.2, -0.15) is 5.26 Å². The molecule has 1 saturated heterocycles. The molecule has 1 aromatic carbocycles. The molecule has 0 bridgehead atoms. The number of nitriles is 1. The van der Waals surface area contributed by atoms with Gasteiger partial charge in [-0.05, 0) is 30.9 Å². The number of nitrogens with one attached hydrogen (secondary N) is 1. The smallest absolute Gasteiger partial charge is 0.165 e. The lowest BCUT2D eigenvalue weighted by molar-refractivity contribution is 0.153. The Labute approximate surface area is 117 Å². The monoisotopic (exact) mass is 275 g/mol. The number of aromatic hydroxyl groups is 1. The Hall–Kier alpha value is -1.64. The molecule has 2 fully saturated rings. The molecular formula is C15H18FN3O. The van der Waals surface area contributed by atoms with Gasteiger partial charge < -0.3 is 10.4 Å². The van der Waals surface area contributed by atoms with Crippen molar-refractivity contribution in [3.8, 4) is 11.8 Å². The fourth-order valence-corrected chi connectivity index (χ4v) is 3.07. The van der Waals surface area contributed by atoms with E-state index in [1.807, 2.05) is 0 Å². The number of rotatable bonds is 3. The minimum atomic E-state index is -0.639. The Morgan fingerprint density at radius 2 is 2.05 bits per heavy atom. The first-order valence-corrected chi connectivity index (χ1v) is 7.08. The standard InChI is InChI=1S/C15H18FN3O/c16-12-4-3-11(9-17)13(15(12)20)14(10-1-2-10)19-7-5-18-6-8-19/h3-4,10,14,18,20H,1-2,5-8H2/t14-/m1/s1. The van der Waals surface area contributed by atoms with Crippen molar-refractivity contribution in [1.29, 1.82) is 5.26 Å². The van der Waals surface area contributed by atoms with Gasteiger partial charge in [0.1, 0.15) is 0 Å². The van der Waals surface area contributed by atoms with Crippen LogP contribution in [0.5, 0.6) is 5.75 Å². The van der Waals surface area contributed by atoms with Crippen LogP contribution in [0.2, 0.25) is 0 Å². The first-order valence-electron chi connectivity index (χ1n) is 7.08. The fourth-order valence-electron chi connectivity index (χ4n) is 3.07. The maximum atomic E-state index is 13.7. The van der Waals surface area contributed by atoms with E-state index < -0.39 is 5.82 Å². The molecule has 1 atom stereocenters. The van der Waals surface area contributed by atoms with E-state index in [0.29, 0.717) is 17.0 Å². The maximum Gasteiger partial charge on any atom is 0.165 e. The van der Waals surface area contributed by atoms with Crippen LogP contribution in [0.1, 0.15) is 30.0 Å². The molecule has 1 heterocycles. The van der Waals surface area contributed by atoms with Crippen LogP contribution in [0, 0.1) is 23.1 Å². The molecule has 1 aliphatic heterocycles. The van der Waals surface area contributed by atoms with E-state index in [1.54, 1.807) is 0 Å². The molecule has 4 nitrogen and oxygen atoms in total. The van der Waals surface area contributed by atoms with E-state index in [9.17, 15) is 14.8 Å². The summed E-state index contributed by atoms with van der Waals surface area (Å²) < 4.78 is 13.7. The third kappa shape index (κ3) is 2.37. The fraction of sp³-hybridized carbons (Fsp3) is 0.533. The number of phenolic OH excluding ortho intramolecular Hbond substituents is 1. The minimum Gasteiger partial charge on any atom is -0.505 e. The Bertz CT molecular complexity index is 545. The van der Waals surface area contributed by atoms with Gasteiger partial charge in [0, 0.05) is 37.8 Å². The van der Waals surface area contributed by atoms with E-state index in [2.05, 4.69) is 16.3 Å². The van der Waals surface area contributed by atoms with Crippen molar-refractivity contribution in [1.82, 2.24) is 10.2 Å². The average Bonchev–Trinajstić information content (AvgIpc) is 3.30. The second-order valence-corrected chi connectivity index (χ2v) is 5.54. The predicted molar refractivity (Wildman–Crippen MR) is 72.7 cm³/mol. The van der Waals surface area contributed by atoms with Crippen molar-refractivity contribution in [3.63, 3.8) is 0 Å². The summed E-state index contributed by atoms with van der Waals surface area (Å²) in [5, 5.41) is 22.7. The topological polar surface area (TPSA) is 59.3 Å². The second-order valence-electron chi connectivity index (χ2n) is 5.54. The second kappa shape index (κ2) is 5.39. The van der Waals surface area contributed by atoms with Crippen LogP contribution in [0.15, 0.2) is 12.1 Å². The zero-order valence-corrected chi connectivity index (χ0v) is 11.3. The molecule has 2 aliphatic rings. The van der Waals surface area contributed by atoms with Crippen LogP contribution in [0.4, 0.5) is 4.39 Å². The molecule has 106 valence electrons. The van der Waals surface area contributed by atoms with E-state index >= 15 is 0 Å². The summed E-state index contributed by atoms with van der Waals surface area (Å²) in [6, 6.07) is 4.70. The van der Waals surface area contributed by atoms with Crippen molar-refractivity contribution < 1.29 is 9.50 Å². The van der Waals surface area contributed by atoms with E-state index in [0.717, 1.165) is 39.0 Å². The van der Waals surface area contributed by atoms with Crippen LogP contribution in [-0.2, 0) is 0 Å². The molecule has 3 rings (SSSR count). The highest BCUT2D eigenvalue weighted by atomic mass is 19.1. The normalized spacial score (nSPS) is 21.4. The van der Waals surface area contributed by atoms with Gasteiger partial charge in [0.15, 0.2) is 11.6 Å². The SMILES string of the molecule is N#Cc1ccc(F)c(O)c1[C@@H](C1CC1)N1CCNCC1. The van der Waals surface area contributed by atoms with Crippen molar-refractivity contribution in [3.05, 3.63) is 29.1 Å². The summed E-state index contributed by atoms with van der Waals surface area (Å²) in [6.45, 7) is 3.51. The molecular weight excluding hydrogens is 257 g/mol. The highest BCUT2D eigenvalue weighted by molar-refractivity contribution is 5.49. The lowest BCUT2D eigenvalue weighted by atomic mass is 9.94. The quantitative estimate of drug-likeness (QED) is 0.882. The van der Waals surface area contributed by atoms with Gasteiger partial charge in [-0.3, -0.25) is 4.90 Å². The van der Waals surface area contributed by atoms with Crippen LogP contribution in [0.25, 0.3) is 0 Å². The molecule has 1 aromatic rings. The Morgan fingerprint density at radius 1 is 1.35 bits per heavy atom. The molecule has 0 aromatic heterocycles. The Balaban J connectivity index is 2.03. The average molecular weight is 275 g/mol. The minimum absolute atomic E-state index is 0.0394. The van der Waals surface area contributed by atoms with Crippen LogP contribution in [-0.4, -0.2) is 36.2 Å². The predicted octanol–water partition coefficient (Wildman–Crippen LogP) is 1.76. The zero-order chi connectivity index (χ0) is 14.1. The van der Waals surface area contributed by atoms with Crippen molar-refractivity contribution in [2.24, 2.45) is 5.92 Å². The number of benzene rings is 1. The van der Waals surface area contributed by atoms with Crippen LogP contribution in [0.3, 0.4) is 0 Å². The molecule has 0 unspecified atom stereocenters. The summed E-state index contributed by atoms with van der Waals surface area (Å²) in [5.74, 6) is -0.563. The van der Waals surface area contributed by atoms with Crippen LogP contribution >= 0.6 is 0 Å². The third-order valence-electron chi connectivity index (χ3n) is 4.20. The number of phenols is 1. The van der Waals surface area contributed by atoms with Crippen molar-refractivity contribution >= 4 is 0 Å². The summed E-state index contributed by atoms with van der Waals surface area (Å²) >= 11 is 0. The third-order valence-corrected chi connectivity index (χ3v) is 4.20. The van der Waals surface area contributed by atoms with Gasteiger partial charge in [0.05, 0.1) is 11.6 Å².